The molecule has 1 aliphatic rings. The molecule has 1 fully saturated rings. The van der Waals surface area contributed by atoms with Crippen LogP contribution in [0.15, 0.2) is 0 Å². The number of hydrogen-bond acceptors (Lipinski definition) is 4. The fourth-order valence-electron chi connectivity index (χ4n) is 2.94. The van der Waals surface area contributed by atoms with Gasteiger partial charge in [0.2, 0.25) is 0 Å². The van der Waals surface area contributed by atoms with Gasteiger partial charge in [0.1, 0.15) is 12.1 Å². The van der Waals surface area contributed by atoms with Crippen LogP contribution in [0.5, 0.6) is 11.8 Å². The highest BCUT2D eigenvalue weighted by Gasteiger charge is 2.36. The van der Waals surface area contributed by atoms with Crippen LogP contribution in [0.4, 0.5) is 0 Å². The lowest BCUT2D eigenvalue weighted by molar-refractivity contribution is -0.160. The zero-order valence-electron chi connectivity index (χ0n) is 12.4. The van der Waals surface area contributed by atoms with E-state index in [9.17, 15) is 15.0 Å². The average Bonchev–Trinajstić information content (AvgIpc) is 2.96. The summed E-state index contributed by atoms with van der Waals surface area (Å²) in [7, 11) is 0. The van der Waals surface area contributed by atoms with Gasteiger partial charge in [0, 0.05) is 11.1 Å². The van der Waals surface area contributed by atoms with Gasteiger partial charge in [-0.15, -0.1) is 0 Å². The summed E-state index contributed by atoms with van der Waals surface area (Å²) in [5, 5.41) is 19.9. The van der Waals surface area contributed by atoms with Crippen molar-refractivity contribution in [2.45, 2.75) is 65.0 Å². The normalized spacial score (nSPS) is 17.4. The van der Waals surface area contributed by atoms with Gasteiger partial charge in [-0.25, -0.2) is 0 Å². The van der Waals surface area contributed by atoms with Crippen molar-refractivity contribution in [3.05, 3.63) is 11.1 Å². The molecule has 2 N–H and O–H groups in total. The van der Waals surface area contributed by atoms with Crippen LogP contribution in [-0.2, 0) is 16.1 Å². The molecule has 0 amide bonds. The van der Waals surface area contributed by atoms with Crippen molar-refractivity contribution in [1.82, 2.24) is 4.57 Å². The second-order valence-corrected chi connectivity index (χ2v) is 5.70. The first kappa shape index (κ1) is 14.8. The van der Waals surface area contributed by atoms with Gasteiger partial charge in [-0.2, -0.15) is 0 Å². The highest BCUT2D eigenvalue weighted by molar-refractivity contribution is 5.71. The molecule has 0 atom stereocenters. The SMILES string of the molecule is CCC1(OC(=O)Cn2c(O)c(C)c(C)c2O)CCCC1. The molecule has 1 heterocycles. The minimum atomic E-state index is -0.408. The van der Waals surface area contributed by atoms with Crippen molar-refractivity contribution in [3.8, 4) is 11.8 Å². The number of ether oxygens (including phenoxy) is 1. The average molecular weight is 281 g/mol. The van der Waals surface area contributed by atoms with Crippen molar-refractivity contribution in [3.63, 3.8) is 0 Å². The lowest BCUT2D eigenvalue weighted by Gasteiger charge is -2.27. The van der Waals surface area contributed by atoms with Crippen LogP contribution in [0.1, 0.15) is 50.2 Å². The van der Waals surface area contributed by atoms with Crippen molar-refractivity contribution in [1.29, 1.82) is 0 Å². The monoisotopic (exact) mass is 281 g/mol. The number of nitrogens with zero attached hydrogens (tertiary/aromatic N) is 1. The third-order valence-corrected chi connectivity index (χ3v) is 4.52. The summed E-state index contributed by atoms with van der Waals surface area (Å²) < 4.78 is 6.83. The van der Waals surface area contributed by atoms with E-state index in [0.29, 0.717) is 11.1 Å². The molecular weight excluding hydrogens is 258 g/mol. The fourth-order valence-corrected chi connectivity index (χ4v) is 2.94. The van der Waals surface area contributed by atoms with E-state index in [1.54, 1.807) is 13.8 Å². The number of carbonyl (C=O) groups is 1. The zero-order chi connectivity index (χ0) is 14.9. The number of esters is 1. The Morgan fingerprint density at radius 2 is 1.70 bits per heavy atom. The predicted octanol–water partition coefficient (Wildman–Crippen LogP) is 2.78. The zero-order valence-corrected chi connectivity index (χ0v) is 12.4. The van der Waals surface area contributed by atoms with Crippen molar-refractivity contribution >= 4 is 5.97 Å². The third kappa shape index (κ3) is 2.49. The van der Waals surface area contributed by atoms with Crippen LogP contribution in [-0.4, -0.2) is 26.4 Å². The summed E-state index contributed by atoms with van der Waals surface area (Å²) in [5.74, 6) is -0.558. The number of hydrogen-bond donors (Lipinski definition) is 2. The molecule has 1 aromatic heterocycles. The molecule has 0 radical (unpaired) electrons. The Morgan fingerprint density at radius 3 is 2.15 bits per heavy atom. The number of aromatic nitrogens is 1. The second kappa shape index (κ2) is 5.38. The summed E-state index contributed by atoms with van der Waals surface area (Å²) in [4.78, 5) is 12.1. The quantitative estimate of drug-likeness (QED) is 0.832. The first-order chi connectivity index (χ1) is 9.40. The first-order valence-corrected chi connectivity index (χ1v) is 7.19. The summed E-state index contributed by atoms with van der Waals surface area (Å²) in [6.45, 7) is 5.28. The molecule has 1 aliphatic carbocycles. The Morgan fingerprint density at radius 1 is 1.20 bits per heavy atom. The van der Waals surface area contributed by atoms with Crippen molar-refractivity contribution in [2.24, 2.45) is 0 Å². The van der Waals surface area contributed by atoms with Crippen LogP contribution in [0.2, 0.25) is 0 Å². The minimum absolute atomic E-state index is 0.0751. The van der Waals surface area contributed by atoms with Gasteiger partial charge in [-0.3, -0.25) is 9.36 Å². The molecule has 0 bridgehead atoms. The molecule has 112 valence electrons. The van der Waals surface area contributed by atoms with E-state index in [4.69, 9.17) is 4.74 Å². The fraction of sp³-hybridized carbons (Fsp3) is 0.667. The highest BCUT2D eigenvalue weighted by Crippen LogP contribution is 2.37. The molecule has 0 aliphatic heterocycles. The smallest absolute Gasteiger partial charge is 0.326 e. The maximum absolute atomic E-state index is 12.1. The Kier molecular flexibility index (Phi) is 3.97. The van der Waals surface area contributed by atoms with Crippen LogP contribution in [0.25, 0.3) is 0 Å². The Bertz CT molecular complexity index is 487. The molecule has 1 aromatic rings. The lowest BCUT2D eigenvalue weighted by atomic mass is 9.99. The van der Waals surface area contributed by atoms with Crippen molar-refractivity contribution in [2.75, 3.05) is 0 Å². The van der Waals surface area contributed by atoms with E-state index in [1.807, 2.05) is 6.92 Å². The van der Waals surface area contributed by atoms with E-state index in [0.717, 1.165) is 32.1 Å². The topological polar surface area (TPSA) is 71.7 Å². The van der Waals surface area contributed by atoms with E-state index >= 15 is 0 Å². The molecule has 0 saturated heterocycles. The van der Waals surface area contributed by atoms with E-state index in [-0.39, 0.29) is 23.9 Å². The van der Waals surface area contributed by atoms with Gasteiger partial charge in [-0.05, 0) is 46.0 Å². The summed E-state index contributed by atoms with van der Waals surface area (Å²) in [6.07, 6.45) is 4.77. The third-order valence-electron chi connectivity index (χ3n) is 4.52. The number of aromatic hydroxyl groups is 2. The Balaban J connectivity index is 2.11. The molecule has 5 nitrogen and oxygen atoms in total. The van der Waals surface area contributed by atoms with Crippen LogP contribution >= 0.6 is 0 Å². The summed E-state index contributed by atoms with van der Waals surface area (Å²) >= 11 is 0. The summed E-state index contributed by atoms with van der Waals surface area (Å²) in [6, 6.07) is 0. The van der Waals surface area contributed by atoms with Gasteiger partial charge in [0.25, 0.3) is 0 Å². The van der Waals surface area contributed by atoms with Gasteiger partial charge in [0.05, 0.1) is 0 Å². The standard InChI is InChI=1S/C15H23NO4/c1-4-15(7-5-6-8-15)20-12(17)9-16-13(18)10(2)11(3)14(16)19/h18-19H,4-9H2,1-3H3. The van der Waals surface area contributed by atoms with Crippen LogP contribution in [0.3, 0.4) is 0 Å². The van der Waals surface area contributed by atoms with E-state index < -0.39 is 5.97 Å². The lowest BCUT2D eigenvalue weighted by Crippen LogP contribution is -2.32. The molecular formula is C15H23NO4. The molecule has 0 unspecified atom stereocenters. The van der Waals surface area contributed by atoms with Gasteiger partial charge in [-0.1, -0.05) is 6.92 Å². The van der Waals surface area contributed by atoms with Gasteiger partial charge < -0.3 is 14.9 Å². The minimum Gasteiger partial charge on any atom is -0.494 e. The van der Waals surface area contributed by atoms with Gasteiger partial charge >= 0.3 is 5.97 Å². The predicted molar refractivity (Wildman–Crippen MR) is 74.8 cm³/mol. The molecule has 20 heavy (non-hydrogen) atoms. The second-order valence-electron chi connectivity index (χ2n) is 5.70. The maximum Gasteiger partial charge on any atom is 0.326 e. The molecule has 0 spiro atoms. The summed E-state index contributed by atoms with van der Waals surface area (Å²) in [5.41, 5.74) is 0.822. The van der Waals surface area contributed by atoms with E-state index in [2.05, 4.69) is 0 Å². The van der Waals surface area contributed by atoms with Crippen LogP contribution in [0, 0.1) is 13.8 Å². The Hall–Kier alpha value is -1.65. The molecule has 2 rings (SSSR count). The molecule has 1 saturated carbocycles. The number of carbonyl (C=O) groups excluding carboxylic acids is 1. The maximum atomic E-state index is 12.1. The van der Waals surface area contributed by atoms with Crippen LogP contribution < -0.4 is 0 Å². The Labute approximate surface area is 119 Å². The highest BCUT2D eigenvalue weighted by atomic mass is 16.6. The number of rotatable bonds is 4. The molecule has 5 heteroatoms. The first-order valence-electron chi connectivity index (χ1n) is 7.19. The van der Waals surface area contributed by atoms with Gasteiger partial charge in [0.15, 0.2) is 11.8 Å². The van der Waals surface area contributed by atoms with Crippen molar-refractivity contribution < 1.29 is 19.7 Å². The largest absolute Gasteiger partial charge is 0.494 e. The van der Waals surface area contributed by atoms with E-state index in [1.165, 1.54) is 4.57 Å². The molecule has 0 aromatic carbocycles.